The molecule has 0 aromatic heterocycles. The summed E-state index contributed by atoms with van der Waals surface area (Å²) >= 11 is 0. The summed E-state index contributed by atoms with van der Waals surface area (Å²) < 4.78 is 0. The van der Waals surface area contributed by atoms with Gasteiger partial charge in [-0.3, -0.25) is 0 Å². The molecule has 1 atom stereocenters. The lowest BCUT2D eigenvalue weighted by molar-refractivity contribution is -0.182. The highest BCUT2D eigenvalue weighted by Crippen LogP contribution is 2.27. The highest BCUT2D eigenvalue weighted by atomic mass is 16.5. The third-order valence-corrected chi connectivity index (χ3v) is 3.09. The van der Waals surface area contributed by atoms with Crippen molar-refractivity contribution in [2.24, 2.45) is 5.92 Å². The molecule has 0 aliphatic heterocycles. The molecule has 5 nitrogen and oxygen atoms in total. The van der Waals surface area contributed by atoms with E-state index >= 15 is 0 Å². The second kappa shape index (κ2) is 7.07. The molecule has 0 amide bonds. The fraction of sp³-hybridized carbons (Fsp3) is 0.400. The summed E-state index contributed by atoms with van der Waals surface area (Å²) in [5.41, 5.74) is 0.427. The smallest absolute Gasteiger partial charge is 0.370 e. The average Bonchev–Trinajstić information content (AvgIpc) is 2.39. The molecule has 0 bridgehead atoms. The van der Waals surface area contributed by atoms with Gasteiger partial charge in [-0.05, 0) is 24.8 Å². The maximum Gasteiger partial charge on any atom is 0.370 e. The van der Waals surface area contributed by atoms with E-state index in [-0.39, 0.29) is 12.3 Å². The summed E-state index contributed by atoms with van der Waals surface area (Å²) in [5.74, 6) is -3.98. The third-order valence-electron chi connectivity index (χ3n) is 3.09. The molecule has 0 radical (unpaired) electrons. The minimum absolute atomic E-state index is 0.0388. The van der Waals surface area contributed by atoms with E-state index in [1.807, 2.05) is 6.92 Å². The normalized spacial score (nSPS) is 14.1. The van der Waals surface area contributed by atoms with Crippen molar-refractivity contribution >= 4 is 5.97 Å². The SMILES string of the molecule is CC(CC/C=C(\O)C(=O)O)CC(O)(O)c1ccccc1. The molecule has 110 valence electrons. The Balaban J connectivity index is 2.52. The predicted molar refractivity (Wildman–Crippen MR) is 73.9 cm³/mol. The van der Waals surface area contributed by atoms with Gasteiger partial charge in [0.05, 0.1) is 0 Å². The molecule has 1 aromatic rings. The van der Waals surface area contributed by atoms with Crippen LogP contribution in [-0.4, -0.2) is 26.4 Å². The van der Waals surface area contributed by atoms with Crippen molar-refractivity contribution in [3.63, 3.8) is 0 Å². The lowest BCUT2D eigenvalue weighted by Gasteiger charge is -2.25. The van der Waals surface area contributed by atoms with E-state index in [1.54, 1.807) is 30.3 Å². The molecule has 0 aliphatic carbocycles. The van der Waals surface area contributed by atoms with Crippen LogP contribution in [0, 0.1) is 5.92 Å². The highest BCUT2D eigenvalue weighted by Gasteiger charge is 2.27. The van der Waals surface area contributed by atoms with Crippen molar-refractivity contribution in [1.82, 2.24) is 0 Å². The minimum atomic E-state index is -1.90. The first kappa shape index (κ1) is 16.2. The van der Waals surface area contributed by atoms with Crippen molar-refractivity contribution in [2.45, 2.75) is 32.0 Å². The lowest BCUT2D eigenvalue weighted by Crippen LogP contribution is -2.27. The van der Waals surface area contributed by atoms with Crippen LogP contribution in [0.1, 0.15) is 31.7 Å². The number of allylic oxidation sites excluding steroid dienone is 1. The highest BCUT2D eigenvalue weighted by molar-refractivity contribution is 5.83. The summed E-state index contributed by atoms with van der Waals surface area (Å²) in [6.45, 7) is 1.84. The van der Waals surface area contributed by atoms with Crippen LogP contribution in [0.15, 0.2) is 42.2 Å². The molecule has 0 spiro atoms. The second-order valence-corrected chi connectivity index (χ2v) is 4.96. The summed E-state index contributed by atoms with van der Waals surface area (Å²) in [5, 5.41) is 37.6. The molecular weight excluding hydrogens is 260 g/mol. The average molecular weight is 280 g/mol. The molecule has 0 fully saturated rings. The number of aliphatic carboxylic acids is 1. The number of aliphatic hydroxyl groups excluding tert-OH is 1. The topological polar surface area (TPSA) is 98.0 Å². The number of carboxylic acids is 1. The van der Waals surface area contributed by atoms with E-state index in [0.29, 0.717) is 18.4 Å². The van der Waals surface area contributed by atoms with Crippen LogP contribution in [0.3, 0.4) is 0 Å². The summed E-state index contributed by atoms with van der Waals surface area (Å²) in [4.78, 5) is 10.4. The number of carboxylic acid groups (broad SMARTS) is 1. The van der Waals surface area contributed by atoms with Gasteiger partial charge in [-0.2, -0.15) is 0 Å². The number of carbonyl (C=O) groups is 1. The number of aliphatic hydroxyl groups is 3. The van der Waals surface area contributed by atoms with Crippen LogP contribution in [0.2, 0.25) is 0 Å². The van der Waals surface area contributed by atoms with E-state index in [2.05, 4.69) is 0 Å². The standard InChI is InChI=1S/C15H20O5/c1-11(6-5-9-13(16)14(17)18)10-15(19,20)12-7-3-2-4-8-12/h2-4,7-9,11,16,19-20H,5-6,10H2,1H3,(H,17,18)/b13-9-. The Morgan fingerprint density at radius 3 is 2.40 bits per heavy atom. The number of hydrogen-bond acceptors (Lipinski definition) is 4. The maximum atomic E-state index is 10.4. The first-order valence-electron chi connectivity index (χ1n) is 6.45. The van der Waals surface area contributed by atoms with Gasteiger partial charge < -0.3 is 20.4 Å². The van der Waals surface area contributed by atoms with E-state index in [0.717, 1.165) is 0 Å². The molecule has 0 saturated carbocycles. The van der Waals surface area contributed by atoms with Crippen molar-refractivity contribution in [3.8, 4) is 0 Å². The van der Waals surface area contributed by atoms with Crippen molar-refractivity contribution < 1.29 is 25.2 Å². The van der Waals surface area contributed by atoms with Crippen LogP contribution in [0.25, 0.3) is 0 Å². The van der Waals surface area contributed by atoms with Gasteiger partial charge >= 0.3 is 5.97 Å². The van der Waals surface area contributed by atoms with Crippen LogP contribution < -0.4 is 0 Å². The Morgan fingerprint density at radius 1 is 1.25 bits per heavy atom. The van der Waals surface area contributed by atoms with Crippen LogP contribution in [0.5, 0.6) is 0 Å². The summed E-state index contributed by atoms with van der Waals surface area (Å²) in [6, 6.07) is 8.54. The number of benzene rings is 1. The zero-order valence-corrected chi connectivity index (χ0v) is 11.4. The Labute approximate surface area is 117 Å². The molecule has 20 heavy (non-hydrogen) atoms. The minimum Gasteiger partial charge on any atom is -0.502 e. The van der Waals surface area contributed by atoms with Crippen molar-refractivity contribution in [3.05, 3.63) is 47.7 Å². The first-order chi connectivity index (χ1) is 9.33. The van der Waals surface area contributed by atoms with Gasteiger partial charge in [0.1, 0.15) is 0 Å². The molecule has 0 aliphatic rings. The second-order valence-electron chi connectivity index (χ2n) is 4.96. The summed E-state index contributed by atoms with van der Waals surface area (Å²) in [6.07, 6.45) is 2.27. The molecule has 1 aromatic carbocycles. The van der Waals surface area contributed by atoms with Crippen molar-refractivity contribution in [1.29, 1.82) is 0 Å². The lowest BCUT2D eigenvalue weighted by atomic mass is 9.92. The van der Waals surface area contributed by atoms with Crippen LogP contribution >= 0.6 is 0 Å². The Morgan fingerprint density at radius 2 is 1.85 bits per heavy atom. The fourth-order valence-electron chi connectivity index (χ4n) is 2.00. The largest absolute Gasteiger partial charge is 0.502 e. The van der Waals surface area contributed by atoms with Gasteiger partial charge in [0, 0.05) is 12.0 Å². The van der Waals surface area contributed by atoms with Gasteiger partial charge in [-0.1, -0.05) is 37.3 Å². The van der Waals surface area contributed by atoms with E-state index in [9.17, 15) is 15.0 Å². The Bertz CT molecular complexity index is 464. The zero-order valence-electron chi connectivity index (χ0n) is 11.4. The number of rotatable bonds is 7. The van der Waals surface area contributed by atoms with Gasteiger partial charge in [0.2, 0.25) is 0 Å². The van der Waals surface area contributed by atoms with Gasteiger partial charge in [0.25, 0.3) is 0 Å². The predicted octanol–water partition coefficient (Wildman–Crippen LogP) is 2.16. The third kappa shape index (κ3) is 5.03. The molecule has 1 rings (SSSR count). The van der Waals surface area contributed by atoms with Crippen molar-refractivity contribution in [2.75, 3.05) is 0 Å². The zero-order chi connectivity index (χ0) is 15.2. The summed E-state index contributed by atoms with van der Waals surface area (Å²) in [7, 11) is 0. The van der Waals surface area contributed by atoms with Gasteiger partial charge in [0.15, 0.2) is 11.5 Å². The van der Waals surface area contributed by atoms with Gasteiger partial charge in [-0.15, -0.1) is 0 Å². The molecule has 4 N–H and O–H groups in total. The monoisotopic (exact) mass is 280 g/mol. The van der Waals surface area contributed by atoms with Crippen LogP contribution in [-0.2, 0) is 10.6 Å². The fourth-order valence-corrected chi connectivity index (χ4v) is 2.00. The first-order valence-corrected chi connectivity index (χ1v) is 6.45. The van der Waals surface area contributed by atoms with E-state index < -0.39 is 17.5 Å². The quantitative estimate of drug-likeness (QED) is 0.348. The molecule has 0 saturated heterocycles. The van der Waals surface area contributed by atoms with E-state index in [4.69, 9.17) is 10.2 Å². The molecule has 1 unspecified atom stereocenters. The van der Waals surface area contributed by atoms with Crippen LogP contribution in [0.4, 0.5) is 0 Å². The Kier molecular flexibility index (Phi) is 5.73. The maximum absolute atomic E-state index is 10.4. The molecular formula is C15H20O5. The van der Waals surface area contributed by atoms with Gasteiger partial charge in [-0.25, -0.2) is 4.79 Å². The van der Waals surface area contributed by atoms with E-state index in [1.165, 1.54) is 6.08 Å². The molecule has 5 heteroatoms. The molecule has 0 heterocycles. The number of hydrogen-bond donors (Lipinski definition) is 4. The Hall–Kier alpha value is -1.85.